The van der Waals surface area contributed by atoms with E-state index in [1.807, 2.05) is 0 Å². The summed E-state index contributed by atoms with van der Waals surface area (Å²) in [7, 11) is 0. The van der Waals surface area contributed by atoms with E-state index in [0.717, 1.165) is 51.4 Å². The highest BCUT2D eigenvalue weighted by atomic mass is 16.3. The summed E-state index contributed by atoms with van der Waals surface area (Å²) < 4.78 is 0. The van der Waals surface area contributed by atoms with E-state index in [0.29, 0.717) is 0 Å². The molecule has 0 heterocycles. The van der Waals surface area contributed by atoms with Crippen molar-refractivity contribution in [2.75, 3.05) is 0 Å². The molecule has 2 nitrogen and oxygen atoms in total. The van der Waals surface area contributed by atoms with Crippen LogP contribution in [0.15, 0.2) is 0 Å². The third-order valence-electron chi connectivity index (χ3n) is 4.45. The van der Waals surface area contributed by atoms with Crippen LogP contribution < -0.4 is 0 Å². The lowest BCUT2D eigenvalue weighted by Crippen LogP contribution is -2.56. The summed E-state index contributed by atoms with van der Waals surface area (Å²) in [4.78, 5) is 11.8. The smallest absolute Gasteiger partial charge is 0.138 e. The lowest BCUT2D eigenvalue weighted by Gasteiger charge is -2.52. The Kier molecular flexibility index (Phi) is 2.42. The van der Waals surface area contributed by atoms with Crippen LogP contribution in [0.5, 0.6) is 0 Å². The Morgan fingerprint density at radius 3 is 1.79 bits per heavy atom. The summed E-state index contributed by atoms with van der Waals surface area (Å²) in [6, 6.07) is 0. The Hall–Kier alpha value is -0.370. The predicted octanol–water partition coefficient (Wildman–Crippen LogP) is 2.44. The average Bonchev–Trinajstić information content (AvgIpc) is 2.16. The summed E-state index contributed by atoms with van der Waals surface area (Å²) in [5, 5.41) is 10.6. The normalized spacial score (nSPS) is 43.0. The molecule has 0 atom stereocenters. The van der Waals surface area contributed by atoms with Crippen molar-refractivity contribution in [2.24, 2.45) is 5.41 Å². The van der Waals surface area contributed by atoms with Gasteiger partial charge in [-0.05, 0) is 32.6 Å². The second-order valence-electron chi connectivity index (χ2n) is 5.08. The summed E-state index contributed by atoms with van der Waals surface area (Å²) >= 11 is 0. The van der Waals surface area contributed by atoms with E-state index in [9.17, 15) is 9.90 Å². The lowest BCUT2D eigenvalue weighted by atomic mass is 9.55. The lowest BCUT2D eigenvalue weighted by molar-refractivity contribution is -0.166. The molecule has 0 radical (unpaired) electrons. The van der Waals surface area contributed by atoms with Crippen LogP contribution in [-0.4, -0.2) is 16.5 Å². The van der Waals surface area contributed by atoms with Gasteiger partial charge >= 0.3 is 0 Å². The molecular formula is C12H20O2. The fourth-order valence-electron chi connectivity index (χ4n) is 3.56. The van der Waals surface area contributed by atoms with E-state index in [1.54, 1.807) is 6.92 Å². The molecule has 0 spiro atoms. The number of hydrogen-bond donors (Lipinski definition) is 1. The first kappa shape index (κ1) is 10.2. The zero-order chi connectivity index (χ0) is 10.2. The molecule has 0 bridgehead atoms. The molecule has 2 heteroatoms. The number of aliphatic hydroxyl groups is 1. The Labute approximate surface area is 85.7 Å². The number of fused-ring (bicyclic) bond motifs is 1. The molecule has 1 N–H and O–H groups in total. The van der Waals surface area contributed by atoms with E-state index in [4.69, 9.17) is 0 Å². The van der Waals surface area contributed by atoms with Gasteiger partial charge in [-0.25, -0.2) is 0 Å². The van der Waals surface area contributed by atoms with E-state index in [1.165, 1.54) is 0 Å². The van der Waals surface area contributed by atoms with Crippen LogP contribution in [0, 0.1) is 5.41 Å². The fraction of sp³-hybridized carbons (Fsp3) is 0.917. The summed E-state index contributed by atoms with van der Waals surface area (Å²) in [6.07, 6.45) is 7.91. The largest absolute Gasteiger partial charge is 0.389 e. The van der Waals surface area contributed by atoms with Crippen molar-refractivity contribution in [3.63, 3.8) is 0 Å². The molecule has 2 saturated carbocycles. The first-order valence-electron chi connectivity index (χ1n) is 5.84. The van der Waals surface area contributed by atoms with Gasteiger partial charge < -0.3 is 5.11 Å². The molecule has 2 aliphatic rings. The number of Topliss-reactive ketones (excluding diaryl/α,β-unsaturated/α-hetero) is 1. The van der Waals surface area contributed by atoms with Gasteiger partial charge in [-0.1, -0.05) is 25.7 Å². The molecule has 2 aliphatic carbocycles. The molecular weight excluding hydrogens is 176 g/mol. The van der Waals surface area contributed by atoms with Gasteiger partial charge in [0.25, 0.3) is 0 Å². The van der Waals surface area contributed by atoms with Gasteiger partial charge in [0, 0.05) is 0 Å². The fourth-order valence-corrected chi connectivity index (χ4v) is 3.56. The SMILES string of the molecule is CC(=O)[C@]12CCCC[C@@]1(O)CCCC2. The van der Waals surface area contributed by atoms with Crippen molar-refractivity contribution in [3.05, 3.63) is 0 Å². The minimum Gasteiger partial charge on any atom is -0.389 e. The van der Waals surface area contributed by atoms with Crippen LogP contribution in [0.4, 0.5) is 0 Å². The van der Waals surface area contributed by atoms with Crippen molar-refractivity contribution in [1.82, 2.24) is 0 Å². The third kappa shape index (κ3) is 1.23. The Morgan fingerprint density at radius 1 is 1.00 bits per heavy atom. The number of hydrogen-bond acceptors (Lipinski definition) is 2. The van der Waals surface area contributed by atoms with Crippen molar-refractivity contribution in [2.45, 2.75) is 63.9 Å². The quantitative estimate of drug-likeness (QED) is 0.699. The van der Waals surface area contributed by atoms with Crippen LogP contribution in [0.2, 0.25) is 0 Å². The van der Waals surface area contributed by atoms with Crippen molar-refractivity contribution in [1.29, 1.82) is 0 Å². The zero-order valence-electron chi connectivity index (χ0n) is 9.01. The molecule has 0 aromatic rings. The maximum Gasteiger partial charge on any atom is 0.138 e. The second-order valence-corrected chi connectivity index (χ2v) is 5.08. The van der Waals surface area contributed by atoms with Crippen LogP contribution in [0.3, 0.4) is 0 Å². The number of rotatable bonds is 1. The zero-order valence-corrected chi connectivity index (χ0v) is 9.01. The summed E-state index contributed by atoms with van der Waals surface area (Å²) in [5.41, 5.74) is -1.03. The maximum atomic E-state index is 11.8. The van der Waals surface area contributed by atoms with Crippen LogP contribution in [0.25, 0.3) is 0 Å². The molecule has 2 rings (SSSR count). The highest BCUT2D eigenvalue weighted by Crippen LogP contribution is 2.53. The van der Waals surface area contributed by atoms with Crippen LogP contribution in [0.1, 0.15) is 58.3 Å². The monoisotopic (exact) mass is 196 g/mol. The maximum absolute atomic E-state index is 11.8. The Bertz CT molecular complexity index is 233. The molecule has 0 saturated heterocycles. The predicted molar refractivity (Wildman–Crippen MR) is 55.0 cm³/mol. The van der Waals surface area contributed by atoms with E-state index < -0.39 is 5.60 Å². The Morgan fingerprint density at radius 2 is 1.43 bits per heavy atom. The summed E-state index contributed by atoms with van der Waals surface area (Å²) in [5.74, 6) is 0.222. The van der Waals surface area contributed by atoms with Crippen molar-refractivity contribution < 1.29 is 9.90 Å². The first-order chi connectivity index (χ1) is 6.61. The molecule has 0 aromatic heterocycles. The average molecular weight is 196 g/mol. The molecule has 0 unspecified atom stereocenters. The Balaban J connectivity index is 2.34. The van der Waals surface area contributed by atoms with Crippen LogP contribution in [-0.2, 0) is 4.79 Å². The summed E-state index contributed by atoms with van der Waals surface area (Å²) in [6.45, 7) is 1.67. The van der Waals surface area contributed by atoms with Crippen LogP contribution >= 0.6 is 0 Å². The molecule has 0 aliphatic heterocycles. The van der Waals surface area contributed by atoms with E-state index in [2.05, 4.69) is 0 Å². The number of carbonyl (C=O) groups excluding carboxylic acids is 1. The molecule has 80 valence electrons. The first-order valence-corrected chi connectivity index (χ1v) is 5.84. The van der Waals surface area contributed by atoms with Gasteiger partial charge in [0.2, 0.25) is 0 Å². The van der Waals surface area contributed by atoms with Gasteiger partial charge in [-0.15, -0.1) is 0 Å². The minimum absolute atomic E-state index is 0.222. The highest BCUT2D eigenvalue weighted by molar-refractivity contribution is 5.84. The van der Waals surface area contributed by atoms with Gasteiger partial charge in [0.15, 0.2) is 0 Å². The molecule has 14 heavy (non-hydrogen) atoms. The standard InChI is InChI=1S/C12H20O2/c1-10(13)11-6-2-4-8-12(11,14)9-5-3-7-11/h14H,2-9H2,1H3/t11-,12-. The van der Waals surface area contributed by atoms with E-state index >= 15 is 0 Å². The van der Waals surface area contributed by atoms with E-state index in [-0.39, 0.29) is 11.2 Å². The molecule has 0 aromatic carbocycles. The molecule has 0 amide bonds. The van der Waals surface area contributed by atoms with Gasteiger partial charge in [-0.2, -0.15) is 0 Å². The number of ketones is 1. The molecule has 2 fully saturated rings. The third-order valence-corrected chi connectivity index (χ3v) is 4.45. The highest BCUT2D eigenvalue weighted by Gasteiger charge is 2.55. The van der Waals surface area contributed by atoms with Crippen molar-refractivity contribution >= 4 is 5.78 Å². The van der Waals surface area contributed by atoms with Gasteiger partial charge in [-0.3, -0.25) is 4.79 Å². The van der Waals surface area contributed by atoms with Gasteiger partial charge in [0.1, 0.15) is 5.78 Å². The van der Waals surface area contributed by atoms with Crippen molar-refractivity contribution in [3.8, 4) is 0 Å². The topological polar surface area (TPSA) is 37.3 Å². The van der Waals surface area contributed by atoms with Gasteiger partial charge in [0.05, 0.1) is 11.0 Å². The second kappa shape index (κ2) is 3.34. The number of carbonyl (C=O) groups is 1. The minimum atomic E-state index is -0.657.